The van der Waals surface area contributed by atoms with E-state index in [1.54, 1.807) is 17.4 Å². The second-order valence-electron chi connectivity index (χ2n) is 18.8. The van der Waals surface area contributed by atoms with Crippen LogP contribution in [0.4, 0.5) is 0 Å². The van der Waals surface area contributed by atoms with Crippen LogP contribution in [0.3, 0.4) is 0 Å². The maximum Gasteiger partial charge on any atom is 0.162 e. The van der Waals surface area contributed by atoms with Gasteiger partial charge in [-0.3, -0.25) is 0 Å². The number of allylic oxidation sites excluding steroid dienone is 6. The number of aromatic hydroxyl groups is 1. The van der Waals surface area contributed by atoms with Gasteiger partial charge in [-0.1, -0.05) is 109 Å². The molecular formula is C68H70N2O4S. The minimum atomic E-state index is 0.317. The van der Waals surface area contributed by atoms with Gasteiger partial charge in [-0.15, -0.1) is 11.3 Å². The molecule has 0 spiro atoms. The van der Waals surface area contributed by atoms with Crippen molar-refractivity contribution in [2.24, 2.45) is 0 Å². The molecule has 7 heteroatoms. The molecule has 5 aromatic heterocycles. The number of rotatable bonds is 5. The summed E-state index contributed by atoms with van der Waals surface area (Å²) in [5.41, 5.74) is 13.4. The van der Waals surface area contributed by atoms with Crippen molar-refractivity contribution in [2.45, 2.75) is 88.5 Å². The van der Waals surface area contributed by atoms with Crippen molar-refractivity contribution < 1.29 is 18.4 Å². The zero-order valence-electron chi connectivity index (χ0n) is 45.1. The SMILES string of the molecule is C/C=C/C1=CC=CC1.CC1=c2ccccc2=CCC1.Cc1ccc(-c2ccc(O)c(C)c2)o1.Cc1ccc(-c2cccc(C)c2C)o1.Cc1ccc(-c2nc3ccccc3s2)o1.Cc1cccc(-n2cccc2C)c1. The van der Waals surface area contributed by atoms with Gasteiger partial charge in [0.05, 0.1) is 10.2 Å². The molecule has 2 aliphatic rings. The second-order valence-corrected chi connectivity index (χ2v) is 19.8. The van der Waals surface area contributed by atoms with Crippen LogP contribution in [0.1, 0.15) is 78.3 Å². The second kappa shape index (κ2) is 26.7. The van der Waals surface area contributed by atoms with E-state index in [-0.39, 0.29) is 0 Å². The number of fused-ring (bicyclic) bond motifs is 2. The topological polar surface area (TPSA) is 77.5 Å². The first-order valence-corrected chi connectivity index (χ1v) is 26.4. The Bertz CT molecular complexity index is 3640. The lowest BCUT2D eigenvalue weighted by molar-refractivity contribution is 0.471. The van der Waals surface area contributed by atoms with Crippen molar-refractivity contribution in [3.63, 3.8) is 0 Å². The van der Waals surface area contributed by atoms with E-state index in [2.05, 4.69) is 172 Å². The summed E-state index contributed by atoms with van der Waals surface area (Å²) >= 11 is 1.66. The number of phenols is 1. The number of nitrogens with zero attached hydrogens (tertiary/aromatic N) is 2. The minimum absolute atomic E-state index is 0.317. The predicted molar refractivity (Wildman–Crippen MR) is 316 cm³/mol. The Morgan fingerprint density at radius 2 is 1.32 bits per heavy atom. The highest BCUT2D eigenvalue weighted by atomic mass is 32.1. The molecule has 0 fully saturated rings. The van der Waals surface area contributed by atoms with E-state index in [4.69, 9.17) is 13.3 Å². The molecule has 0 aliphatic heterocycles. The summed E-state index contributed by atoms with van der Waals surface area (Å²) < 4.78 is 20.0. The molecule has 0 radical (unpaired) electrons. The Morgan fingerprint density at radius 1 is 0.627 bits per heavy atom. The predicted octanol–water partition coefficient (Wildman–Crippen LogP) is 18.0. The Labute approximate surface area is 447 Å². The normalized spacial score (nSPS) is 12.1. The third kappa shape index (κ3) is 15.5. The number of aromatic nitrogens is 2. The summed E-state index contributed by atoms with van der Waals surface area (Å²) in [4.78, 5) is 4.52. The maximum absolute atomic E-state index is 9.37. The average molecular weight is 1010 g/mol. The number of thiazole rings is 1. The molecule has 5 heterocycles. The summed E-state index contributed by atoms with van der Waals surface area (Å²) in [7, 11) is 0. The van der Waals surface area contributed by atoms with Crippen LogP contribution in [0.2, 0.25) is 0 Å². The van der Waals surface area contributed by atoms with E-state index in [1.165, 1.54) is 72.8 Å². The van der Waals surface area contributed by atoms with E-state index in [0.717, 1.165) is 62.6 Å². The zero-order chi connectivity index (χ0) is 53.3. The molecule has 382 valence electrons. The molecule has 2 aliphatic carbocycles. The molecule has 0 unspecified atom stereocenters. The van der Waals surface area contributed by atoms with Gasteiger partial charge in [-0.05, 0) is 218 Å². The van der Waals surface area contributed by atoms with E-state index in [1.807, 2.05) is 101 Å². The summed E-state index contributed by atoms with van der Waals surface area (Å²) in [6.07, 6.45) is 18.6. The van der Waals surface area contributed by atoms with Crippen LogP contribution in [0.25, 0.3) is 61.0 Å². The van der Waals surface area contributed by atoms with Crippen LogP contribution < -0.4 is 10.4 Å². The largest absolute Gasteiger partial charge is 0.508 e. The van der Waals surface area contributed by atoms with Crippen molar-refractivity contribution in [1.29, 1.82) is 0 Å². The smallest absolute Gasteiger partial charge is 0.162 e. The molecule has 5 aromatic carbocycles. The van der Waals surface area contributed by atoms with Gasteiger partial charge in [0.15, 0.2) is 10.8 Å². The molecule has 10 aromatic rings. The third-order valence-corrected chi connectivity index (χ3v) is 13.8. The fourth-order valence-electron chi connectivity index (χ4n) is 8.50. The first-order chi connectivity index (χ1) is 36.3. The van der Waals surface area contributed by atoms with Gasteiger partial charge >= 0.3 is 0 Å². The van der Waals surface area contributed by atoms with Crippen molar-refractivity contribution in [3.8, 4) is 44.9 Å². The summed E-state index contributed by atoms with van der Waals surface area (Å²) in [5.74, 6) is 5.75. The standard InChI is InChI=1S/C13H14O.C12H9NOS.C12H13N.C12H12O2.C11H12.C8H10/c1-9-5-4-6-12(11(9)3)13-8-7-10(2)14-13;1-8-6-7-10(14-8)12-13-9-4-2-3-5-11(9)15-12;1-10-5-3-7-12(9-10)13-8-4-6-11(13)2;1-8-7-10(4-5-11(8)13)12-6-3-9(2)14-12;1-9-5-4-7-10-6-2-3-8-11(9)10;1-2-5-8-6-3-4-7-8/h4-8H,1-3H3;2-7H,1H3;3-9H,1-2H3;3-7,13H,1-2H3;2-3,6-8H,4-5H2,1H3;2-6H,7H2,1H3/b;;;;;5-2+. The van der Waals surface area contributed by atoms with Crippen LogP contribution >= 0.6 is 11.3 Å². The Balaban J connectivity index is 0.000000132. The van der Waals surface area contributed by atoms with E-state index in [0.29, 0.717) is 5.75 Å². The monoisotopic (exact) mass is 1010 g/mol. The number of phenolic OH excluding ortho intramolecular Hbond substituents is 1. The van der Waals surface area contributed by atoms with Crippen molar-refractivity contribution in [3.05, 3.63) is 256 Å². The average Bonchev–Trinajstić information content (AvgIpc) is 4.30. The Kier molecular flexibility index (Phi) is 19.5. The highest BCUT2D eigenvalue weighted by molar-refractivity contribution is 7.21. The van der Waals surface area contributed by atoms with Gasteiger partial charge < -0.3 is 22.9 Å². The number of hydrogen-bond donors (Lipinski definition) is 1. The van der Waals surface area contributed by atoms with E-state index in [9.17, 15) is 5.11 Å². The van der Waals surface area contributed by atoms with Crippen molar-refractivity contribution in [1.82, 2.24) is 9.55 Å². The fraction of sp³-hybridized carbons (Fsp3) is 0.191. The van der Waals surface area contributed by atoms with Crippen LogP contribution in [0.5, 0.6) is 5.75 Å². The zero-order valence-corrected chi connectivity index (χ0v) is 46.0. The van der Waals surface area contributed by atoms with Gasteiger partial charge in [-0.2, -0.15) is 0 Å². The first-order valence-electron chi connectivity index (χ1n) is 25.6. The van der Waals surface area contributed by atoms with Crippen molar-refractivity contribution >= 4 is 33.2 Å². The number of hydrogen-bond acceptors (Lipinski definition) is 6. The highest BCUT2D eigenvalue weighted by Gasteiger charge is 2.10. The summed E-state index contributed by atoms with van der Waals surface area (Å²) in [6.45, 7) is 20.4. The van der Waals surface area contributed by atoms with Gasteiger partial charge in [0.2, 0.25) is 0 Å². The van der Waals surface area contributed by atoms with Crippen LogP contribution in [-0.2, 0) is 0 Å². The lowest BCUT2D eigenvalue weighted by atomic mass is 10.0. The van der Waals surface area contributed by atoms with E-state index >= 15 is 0 Å². The molecule has 0 saturated carbocycles. The maximum atomic E-state index is 9.37. The number of benzene rings is 5. The molecule has 1 N–H and O–H groups in total. The lowest BCUT2D eigenvalue weighted by Crippen LogP contribution is -2.27. The van der Waals surface area contributed by atoms with Crippen molar-refractivity contribution in [2.75, 3.05) is 0 Å². The van der Waals surface area contributed by atoms with Gasteiger partial charge in [-0.25, -0.2) is 4.98 Å². The van der Waals surface area contributed by atoms with E-state index < -0.39 is 0 Å². The molecule has 0 bridgehead atoms. The number of para-hydroxylation sites is 1. The van der Waals surface area contributed by atoms with Crippen LogP contribution in [-0.4, -0.2) is 14.7 Å². The quantitative estimate of drug-likeness (QED) is 0.186. The summed E-state index contributed by atoms with van der Waals surface area (Å²) in [5, 5.41) is 13.2. The number of furan rings is 3. The fourth-order valence-corrected chi connectivity index (χ4v) is 9.43. The molecule has 75 heavy (non-hydrogen) atoms. The van der Waals surface area contributed by atoms with Gasteiger partial charge in [0.25, 0.3) is 0 Å². The highest BCUT2D eigenvalue weighted by Crippen LogP contribution is 2.31. The lowest BCUT2D eigenvalue weighted by Gasteiger charge is -2.06. The number of aryl methyl sites for hydroxylation is 7. The van der Waals surface area contributed by atoms with Gasteiger partial charge in [0, 0.05) is 28.7 Å². The molecular weight excluding hydrogens is 941 g/mol. The summed E-state index contributed by atoms with van der Waals surface area (Å²) in [6, 6.07) is 53.0. The molecule has 0 saturated heterocycles. The van der Waals surface area contributed by atoms with Crippen LogP contribution in [0, 0.1) is 55.4 Å². The first kappa shape index (κ1) is 54.6. The molecule has 0 atom stereocenters. The third-order valence-electron chi connectivity index (χ3n) is 12.8. The Morgan fingerprint density at radius 3 is 1.95 bits per heavy atom. The Hall–Kier alpha value is -8.13. The van der Waals surface area contributed by atoms with Crippen LogP contribution in [0.15, 0.2) is 213 Å². The molecule has 12 rings (SSSR count). The van der Waals surface area contributed by atoms with Gasteiger partial charge in [0.1, 0.15) is 34.6 Å². The molecule has 0 amide bonds. The minimum Gasteiger partial charge on any atom is -0.508 e. The molecule has 6 nitrogen and oxygen atoms in total.